The molecule has 1 N–H and O–H groups in total. The van der Waals surface area contributed by atoms with Crippen molar-refractivity contribution in [2.75, 3.05) is 11.0 Å². The van der Waals surface area contributed by atoms with Gasteiger partial charge in [-0.1, -0.05) is 31.9 Å². The maximum atomic E-state index is 3.25. The molecule has 0 radical (unpaired) electrons. The van der Waals surface area contributed by atoms with Crippen molar-refractivity contribution in [3.05, 3.63) is 29.3 Å². The highest BCUT2D eigenvalue weighted by Gasteiger charge is 2.03. The molecule has 2 heteroatoms. The van der Waals surface area contributed by atoms with Gasteiger partial charge in [0.05, 0.1) is 0 Å². The molecule has 72 valence electrons. The first-order chi connectivity index (χ1) is 6.15. The largest absolute Gasteiger partial charge is 0.330 e. The van der Waals surface area contributed by atoms with Crippen LogP contribution in [0.2, 0.25) is 0 Å². The monoisotopic (exact) mass is 195 g/mol. The van der Waals surface area contributed by atoms with Crippen molar-refractivity contribution in [3.63, 3.8) is 0 Å². The standard InChI is InChI=1S/C11H17NS/c1-8(2)11-7-10(12-13-4)6-5-9(11)3/h5-8,12H,1-4H3. The first-order valence-corrected chi connectivity index (χ1v) is 5.77. The van der Waals surface area contributed by atoms with E-state index in [9.17, 15) is 0 Å². The molecule has 0 saturated heterocycles. The number of aryl methyl sites for hydroxylation is 1. The number of hydrogen-bond donors (Lipinski definition) is 1. The molecule has 0 amide bonds. The molecular weight excluding hydrogens is 178 g/mol. The van der Waals surface area contributed by atoms with Gasteiger partial charge in [0, 0.05) is 11.9 Å². The van der Waals surface area contributed by atoms with Gasteiger partial charge in [0.25, 0.3) is 0 Å². The molecule has 0 aliphatic rings. The first-order valence-electron chi connectivity index (χ1n) is 4.54. The van der Waals surface area contributed by atoms with Crippen LogP contribution in [0.5, 0.6) is 0 Å². The van der Waals surface area contributed by atoms with E-state index in [1.54, 1.807) is 11.9 Å². The second kappa shape index (κ2) is 4.56. The predicted octanol–water partition coefficient (Wildman–Crippen LogP) is 3.81. The fourth-order valence-corrected chi connectivity index (χ4v) is 1.81. The zero-order valence-electron chi connectivity index (χ0n) is 8.72. The molecule has 1 aromatic rings. The maximum Gasteiger partial charge on any atom is 0.0442 e. The quantitative estimate of drug-likeness (QED) is 0.736. The average Bonchev–Trinajstić information content (AvgIpc) is 2.08. The van der Waals surface area contributed by atoms with Crippen molar-refractivity contribution >= 4 is 17.6 Å². The lowest BCUT2D eigenvalue weighted by molar-refractivity contribution is 0.857. The maximum absolute atomic E-state index is 3.25. The molecule has 0 unspecified atom stereocenters. The van der Waals surface area contributed by atoms with Gasteiger partial charge in [-0.3, -0.25) is 0 Å². The third-order valence-corrected chi connectivity index (χ3v) is 2.56. The van der Waals surface area contributed by atoms with Crippen LogP contribution in [0.25, 0.3) is 0 Å². The summed E-state index contributed by atoms with van der Waals surface area (Å²) in [5.74, 6) is 0.601. The lowest BCUT2D eigenvalue weighted by Crippen LogP contribution is -1.94. The molecule has 1 rings (SSSR count). The van der Waals surface area contributed by atoms with Crippen molar-refractivity contribution in [3.8, 4) is 0 Å². The zero-order chi connectivity index (χ0) is 9.84. The van der Waals surface area contributed by atoms with Crippen molar-refractivity contribution in [2.24, 2.45) is 0 Å². The number of rotatable bonds is 3. The van der Waals surface area contributed by atoms with Gasteiger partial charge in [-0.25, -0.2) is 0 Å². The van der Waals surface area contributed by atoms with Crippen LogP contribution in [0.4, 0.5) is 5.69 Å². The molecule has 0 bridgehead atoms. The summed E-state index contributed by atoms with van der Waals surface area (Å²) >= 11 is 1.63. The van der Waals surface area contributed by atoms with E-state index in [4.69, 9.17) is 0 Å². The van der Waals surface area contributed by atoms with Gasteiger partial charge in [0.2, 0.25) is 0 Å². The Morgan fingerprint density at radius 1 is 1.31 bits per heavy atom. The molecule has 0 aliphatic heterocycles. The molecule has 13 heavy (non-hydrogen) atoms. The molecular formula is C11H17NS. The zero-order valence-corrected chi connectivity index (χ0v) is 9.53. The summed E-state index contributed by atoms with van der Waals surface area (Å²) in [7, 11) is 0. The minimum absolute atomic E-state index is 0.601. The summed E-state index contributed by atoms with van der Waals surface area (Å²) in [6, 6.07) is 6.53. The lowest BCUT2D eigenvalue weighted by atomic mass is 9.98. The number of nitrogens with one attached hydrogen (secondary N) is 1. The summed E-state index contributed by atoms with van der Waals surface area (Å²) in [5.41, 5.74) is 4.00. The Morgan fingerprint density at radius 2 is 2.00 bits per heavy atom. The minimum Gasteiger partial charge on any atom is -0.330 e. The van der Waals surface area contributed by atoms with E-state index < -0.39 is 0 Å². The highest BCUT2D eigenvalue weighted by Crippen LogP contribution is 2.23. The Hall–Kier alpha value is -0.630. The van der Waals surface area contributed by atoms with Crippen LogP contribution in [0.3, 0.4) is 0 Å². The second-order valence-corrected chi connectivity index (χ2v) is 4.14. The van der Waals surface area contributed by atoms with Crippen LogP contribution in [-0.2, 0) is 0 Å². The normalized spacial score (nSPS) is 10.5. The molecule has 0 spiro atoms. The lowest BCUT2D eigenvalue weighted by Gasteiger charge is -2.11. The topological polar surface area (TPSA) is 12.0 Å². The molecule has 1 aromatic carbocycles. The molecule has 0 atom stereocenters. The summed E-state index contributed by atoms with van der Waals surface area (Å²) in [4.78, 5) is 0. The number of anilines is 1. The average molecular weight is 195 g/mol. The summed E-state index contributed by atoms with van der Waals surface area (Å²) in [6.45, 7) is 6.62. The van der Waals surface area contributed by atoms with E-state index in [0.717, 1.165) is 0 Å². The summed E-state index contributed by atoms with van der Waals surface area (Å²) in [5, 5.41) is 0. The van der Waals surface area contributed by atoms with Crippen LogP contribution < -0.4 is 4.72 Å². The Labute approximate surface area is 85.1 Å². The van der Waals surface area contributed by atoms with Crippen LogP contribution in [0.15, 0.2) is 18.2 Å². The van der Waals surface area contributed by atoms with Crippen LogP contribution in [0, 0.1) is 6.92 Å². The number of benzene rings is 1. The van der Waals surface area contributed by atoms with Gasteiger partial charge >= 0.3 is 0 Å². The SMILES string of the molecule is CSNc1ccc(C)c(C(C)C)c1. The Kier molecular flexibility index (Phi) is 3.67. The molecule has 0 fully saturated rings. The molecule has 0 aliphatic carbocycles. The summed E-state index contributed by atoms with van der Waals surface area (Å²) < 4.78 is 3.25. The fourth-order valence-electron chi connectivity index (χ4n) is 1.44. The van der Waals surface area contributed by atoms with E-state index in [0.29, 0.717) is 5.92 Å². The predicted molar refractivity (Wildman–Crippen MR) is 62.4 cm³/mol. The Balaban J connectivity index is 2.97. The first kappa shape index (κ1) is 10.5. The van der Waals surface area contributed by atoms with Gasteiger partial charge in [-0.2, -0.15) is 0 Å². The van der Waals surface area contributed by atoms with Crippen LogP contribution in [-0.4, -0.2) is 6.26 Å². The van der Waals surface area contributed by atoms with E-state index in [1.165, 1.54) is 16.8 Å². The van der Waals surface area contributed by atoms with E-state index in [1.807, 2.05) is 6.26 Å². The van der Waals surface area contributed by atoms with E-state index in [-0.39, 0.29) is 0 Å². The fraction of sp³-hybridized carbons (Fsp3) is 0.455. The van der Waals surface area contributed by atoms with Crippen molar-refractivity contribution in [2.45, 2.75) is 26.7 Å². The third kappa shape index (κ3) is 2.66. The molecule has 0 aromatic heterocycles. The van der Waals surface area contributed by atoms with Gasteiger partial charge in [0.15, 0.2) is 0 Å². The minimum atomic E-state index is 0.601. The van der Waals surface area contributed by atoms with Crippen molar-refractivity contribution < 1.29 is 0 Å². The van der Waals surface area contributed by atoms with Gasteiger partial charge in [-0.15, -0.1) is 0 Å². The van der Waals surface area contributed by atoms with Crippen LogP contribution in [0.1, 0.15) is 30.9 Å². The highest BCUT2D eigenvalue weighted by atomic mass is 32.2. The smallest absolute Gasteiger partial charge is 0.0442 e. The summed E-state index contributed by atoms with van der Waals surface area (Å²) in [6.07, 6.45) is 2.04. The second-order valence-electron chi connectivity index (χ2n) is 3.53. The van der Waals surface area contributed by atoms with Crippen molar-refractivity contribution in [1.29, 1.82) is 0 Å². The number of hydrogen-bond acceptors (Lipinski definition) is 2. The Morgan fingerprint density at radius 3 is 2.54 bits per heavy atom. The van der Waals surface area contributed by atoms with E-state index >= 15 is 0 Å². The van der Waals surface area contributed by atoms with Gasteiger partial charge < -0.3 is 4.72 Å². The van der Waals surface area contributed by atoms with Crippen LogP contribution >= 0.6 is 11.9 Å². The third-order valence-electron chi connectivity index (χ3n) is 2.12. The Bertz CT molecular complexity index is 281. The van der Waals surface area contributed by atoms with Gasteiger partial charge in [-0.05, 0) is 36.1 Å². The van der Waals surface area contributed by atoms with Gasteiger partial charge in [0.1, 0.15) is 0 Å². The molecule has 0 saturated carbocycles. The molecule has 1 nitrogen and oxygen atoms in total. The van der Waals surface area contributed by atoms with E-state index in [2.05, 4.69) is 43.7 Å². The van der Waals surface area contributed by atoms with Crippen molar-refractivity contribution in [1.82, 2.24) is 0 Å². The highest BCUT2D eigenvalue weighted by molar-refractivity contribution is 7.99. The molecule has 0 heterocycles.